The van der Waals surface area contributed by atoms with Gasteiger partial charge in [-0.2, -0.15) is 0 Å². The highest BCUT2D eigenvalue weighted by molar-refractivity contribution is 9.11. The van der Waals surface area contributed by atoms with E-state index in [0.29, 0.717) is 12.1 Å². The number of halogens is 4. The van der Waals surface area contributed by atoms with E-state index in [9.17, 15) is 4.39 Å². The second kappa shape index (κ2) is 19.8. The summed E-state index contributed by atoms with van der Waals surface area (Å²) in [6.07, 6.45) is 12.3. The monoisotopic (exact) mass is 1110 g/mol. The Labute approximate surface area is 426 Å². The molecule has 13 rings (SSSR count). The van der Waals surface area contributed by atoms with E-state index in [4.69, 9.17) is 4.74 Å². The molecular weight excluding hydrogens is 1060 g/mol. The van der Waals surface area contributed by atoms with Gasteiger partial charge in [0.25, 0.3) is 0 Å². The smallest absolute Gasteiger partial charge is 0.141 e. The van der Waals surface area contributed by atoms with E-state index in [2.05, 4.69) is 169 Å². The zero-order valence-corrected chi connectivity index (χ0v) is 43.0. The molecule has 8 nitrogen and oxygen atoms in total. The van der Waals surface area contributed by atoms with E-state index in [1.165, 1.54) is 102 Å². The average Bonchev–Trinajstić information content (AvgIpc) is 4.16. The molecule has 10 aromatic rings. The number of benzene rings is 6. The van der Waals surface area contributed by atoms with Crippen LogP contribution in [0.25, 0.3) is 43.6 Å². The van der Waals surface area contributed by atoms with E-state index in [-0.39, 0.29) is 11.9 Å². The predicted molar refractivity (Wildman–Crippen MR) is 294 cm³/mol. The molecule has 0 bridgehead atoms. The standard InChI is InChI=1S/C20H18BrN3.C19H19BrN2O.C18H16BrFN2/c21-13-4-6-18-16(11-13)15-2-1-3-19(20(15)24-18)23-14-5-7-17-12(10-14)8-9-22-17;1-23-18-8-3-2-6-16(18)21-17-7-4-5-13-14-11-12(20)9-10-15(14)22-19(13)17;19-11-7-8-16-15(9-11)14-5-2-6-17(18(14)22-16)21-13-4-1-3-12(20)10-13/h4-11,19,22-24H,1-3H2;2-3,6,8-11,17,21-22H,4-5,7H2,1H3;1,3-4,7-10,17,21-22H,2,5-6H2. The van der Waals surface area contributed by atoms with Crippen molar-refractivity contribution in [1.29, 1.82) is 0 Å². The minimum atomic E-state index is -0.207. The number of fused-ring (bicyclic) bond motifs is 10. The fourth-order valence-corrected chi connectivity index (χ4v) is 11.9. The molecule has 0 fully saturated rings. The second-order valence-electron chi connectivity index (χ2n) is 18.4. The zero-order chi connectivity index (χ0) is 47.0. The van der Waals surface area contributed by atoms with E-state index in [0.717, 1.165) is 75.5 Å². The van der Waals surface area contributed by atoms with Gasteiger partial charge in [-0.25, -0.2) is 4.39 Å². The highest BCUT2D eigenvalue weighted by Crippen LogP contribution is 2.41. The van der Waals surface area contributed by atoms with Crippen molar-refractivity contribution in [2.45, 2.75) is 75.9 Å². The fourth-order valence-electron chi connectivity index (χ4n) is 10.8. The van der Waals surface area contributed by atoms with Crippen molar-refractivity contribution in [1.82, 2.24) is 19.9 Å². The number of H-pyrrole nitrogens is 4. The number of nitrogens with one attached hydrogen (secondary N) is 7. The van der Waals surface area contributed by atoms with Crippen LogP contribution in [0.1, 0.15) is 90.4 Å². The predicted octanol–water partition coefficient (Wildman–Crippen LogP) is 16.9. The third-order valence-corrected chi connectivity index (χ3v) is 15.5. The van der Waals surface area contributed by atoms with E-state index in [1.54, 1.807) is 19.2 Å². The summed E-state index contributed by atoms with van der Waals surface area (Å²) in [6.45, 7) is 0. The molecule has 4 aromatic heterocycles. The molecule has 0 aliphatic heterocycles. The van der Waals surface area contributed by atoms with Crippen LogP contribution in [0.2, 0.25) is 0 Å². The number of hydrogen-bond acceptors (Lipinski definition) is 4. The van der Waals surface area contributed by atoms with Crippen LogP contribution < -0.4 is 20.7 Å². The van der Waals surface area contributed by atoms with Gasteiger partial charge in [0.05, 0.1) is 30.9 Å². The van der Waals surface area contributed by atoms with Gasteiger partial charge in [-0.15, -0.1) is 0 Å². The number of aromatic nitrogens is 4. The third kappa shape index (κ3) is 9.55. The molecule has 3 atom stereocenters. The molecule has 6 aromatic carbocycles. The van der Waals surface area contributed by atoms with Gasteiger partial charge in [0.1, 0.15) is 11.6 Å². The lowest BCUT2D eigenvalue weighted by Crippen LogP contribution is -2.17. The van der Waals surface area contributed by atoms with Gasteiger partial charge in [-0.1, -0.05) is 66.0 Å². The van der Waals surface area contributed by atoms with Crippen molar-refractivity contribution in [2.75, 3.05) is 23.1 Å². The van der Waals surface area contributed by atoms with Gasteiger partial charge in [-0.3, -0.25) is 0 Å². The molecular formula is C57H53Br3FN7O. The quantitative estimate of drug-likeness (QED) is 0.0863. The Hall–Kier alpha value is -5.95. The normalized spacial score (nSPS) is 17.3. The number of hydrogen-bond donors (Lipinski definition) is 7. The Morgan fingerprint density at radius 3 is 1.52 bits per heavy atom. The number of methoxy groups -OCH3 is 1. The summed E-state index contributed by atoms with van der Waals surface area (Å²) in [5.41, 5.74) is 16.1. The molecule has 12 heteroatoms. The highest BCUT2D eigenvalue weighted by Gasteiger charge is 2.27. The number of aromatic amines is 4. The summed E-state index contributed by atoms with van der Waals surface area (Å²) in [7, 11) is 1.72. The first-order valence-corrected chi connectivity index (χ1v) is 26.3. The maximum absolute atomic E-state index is 13.4. The molecule has 3 unspecified atom stereocenters. The Balaban J connectivity index is 0.000000113. The van der Waals surface area contributed by atoms with E-state index in [1.807, 2.05) is 30.5 Å². The van der Waals surface area contributed by atoms with Gasteiger partial charge >= 0.3 is 0 Å². The van der Waals surface area contributed by atoms with Crippen LogP contribution in [0.15, 0.2) is 147 Å². The average molecular weight is 1110 g/mol. The van der Waals surface area contributed by atoms with Crippen LogP contribution in [-0.2, 0) is 19.3 Å². The Bertz CT molecular complexity index is 3460. The van der Waals surface area contributed by atoms with Crippen LogP contribution in [0.4, 0.5) is 21.5 Å². The van der Waals surface area contributed by atoms with Crippen LogP contribution in [0, 0.1) is 5.82 Å². The van der Waals surface area contributed by atoms with Crippen LogP contribution in [0.3, 0.4) is 0 Å². The Kier molecular flexibility index (Phi) is 13.1. The van der Waals surface area contributed by atoms with E-state index >= 15 is 0 Å². The highest BCUT2D eigenvalue weighted by atomic mass is 79.9. The van der Waals surface area contributed by atoms with Gasteiger partial charge in [0, 0.05) is 91.7 Å². The Morgan fingerprint density at radius 1 is 0.507 bits per heavy atom. The van der Waals surface area contributed by atoms with Gasteiger partial charge in [0.15, 0.2) is 0 Å². The fraction of sp³-hybridized carbons (Fsp3) is 0.228. The lowest BCUT2D eigenvalue weighted by atomic mass is 9.91. The maximum Gasteiger partial charge on any atom is 0.141 e. The lowest BCUT2D eigenvalue weighted by molar-refractivity contribution is 0.415. The van der Waals surface area contributed by atoms with Crippen molar-refractivity contribution in [3.63, 3.8) is 0 Å². The maximum atomic E-state index is 13.4. The van der Waals surface area contributed by atoms with Crippen LogP contribution >= 0.6 is 47.8 Å². The summed E-state index contributed by atoms with van der Waals surface area (Å²) < 4.78 is 22.2. The van der Waals surface area contributed by atoms with Crippen LogP contribution in [-0.4, -0.2) is 27.0 Å². The molecule has 7 N–H and O–H groups in total. The molecule has 3 aliphatic carbocycles. The number of para-hydroxylation sites is 2. The molecule has 0 amide bonds. The van der Waals surface area contributed by atoms with Crippen molar-refractivity contribution in [2.24, 2.45) is 0 Å². The second-order valence-corrected chi connectivity index (χ2v) is 21.1. The van der Waals surface area contributed by atoms with Gasteiger partial charge in [0.2, 0.25) is 0 Å². The summed E-state index contributed by atoms with van der Waals surface area (Å²) >= 11 is 10.7. The number of anilines is 3. The Morgan fingerprint density at radius 2 is 1.00 bits per heavy atom. The number of rotatable bonds is 7. The summed E-state index contributed by atoms with van der Waals surface area (Å²) in [6, 6.07) is 43.6. The van der Waals surface area contributed by atoms with Crippen molar-refractivity contribution in [3.8, 4) is 5.75 Å². The number of aryl methyl sites for hydroxylation is 3. The molecule has 350 valence electrons. The van der Waals surface area contributed by atoms with Gasteiger partial charge in [-0.05, 0) is 184 Å². The topological polar surface area (TPSA) is 108 Å². The molecule has 0 saturated carbocycles. The first-order valence-electron chi connectivity index (χ1n) is 23.9. The minimum Gasteiger partial charge on any atom is -0.495 e. The molecule has 0 spiro atoms. The van der Waals surface area contributed by atoms with Gasteiger partial charge < -0.3 is 40.6 Å². The minimum absolute atomic E-state index is 0.205. The molecule has 69 heavy (non-hydrogen) atoms. The SMILES string of the molecule is Brc1ccc2[nH]c3c(c2c1)CCCC3Nc1ccc2[nH]ccc2c1.COc1ccccc1NC1CCCc2c1[nH]c1ccc(Br)cc21.Fc1cccc(NC2CCCc3c2[nH]c2ccc(Br)cc32)c1. The first kappa shape index (κ1) is 45.5. The molecule has 3 aliphatic rings. The van der Waals surface area contributed by atoms with Crippen molar-refractivity contribution in [3.05, 3.63) is 187 Å². The summed E-state index contributed by atoms with van der Waals surface area (Å²) in [5, 5.41) is 16.1. The van der Waals surface area contributed by atoms with Crippen LogP contribution in [0.5, 0.6) is 5.75 Å². The van der Waals surface area contributed by atoms with E-state index < -0.39 is 0 Å². The first-order chi connectivity index (χ1) is 33.7. The molecule has 0 radical (unpaired) electrons. The summed E-state index contributed by atoms with van der Waals surface area (Å²) in [5.74, 6) is 0.681. The molecule has 0 saturated heterocycles. The summed E-state index contributed by atoms with van der Waals surface area (Å²) in [4.78, 5) is 14.1. The zero-order valence-electron chi connectivity index (χ0n) is 38.2. The molecule has 4 heterocycles. The number of ether oxygens (including phenoxy) is 1. The lowest BCUT2D eigenvalue weighted by Gasteiger charge is -2.25. The largest absolute Gasteiger partial charge is 0.495 e. The van der Waals surface area contributed by atoms with Crippen molar-refractivity contribution < 1.29 is 9.13 Å². The third-order valence-electron chi connectivity index (χ3n) is 14.0. The van der Waals surface area contributed by atoms with Crippen molar-refractivity contribution >= 4 is 108 Å².